The van der Waals surface area contributed by atoms with Gasteiger partial charge in [-0.2, -0.15) is 0 Å². The Bertz CT molecular complexity index is 668. The molecule has 1 aromatic carbocycles. The topological polar surface area (TPSA) is 60.5 Å². The van der Waals surface area contributed by atoms with Gasteiger partial charge in [-0.3, -0.25) is 9.78 Å². The zero-order valence-electron chi connectivity index (χ0n) is 11.3. The fourth-order valence-electron chi connectivity index (χ4n) is 1.94. The average molecular weight is 282 g/mol. The SMILES string of the molecule is O=C(/C=C\c1ccc2c(c1)OCO2)NCc1cccnc1. The first kappa shape index (κ1) is 13.2. The molecule has 0 spiro atoms. The Hall–Kier alpha value is -2.82. The van der Waals surface area contributed by atoms with Crippen LogP contribution in [-0.4, -0.2) is 17.7 Å². The van der Waals surface area contributed by atoms with Crippen molar-refractivity contribution in [3.8, 4) is 11.5 Å². The fraction of sp³-hybridized carbons (Fsp3) is 0.125. The number of carbonyl (C=O) groups excluding carboxylic acids is 1. The van der Waals surface area contributed by atoms with Crippen LogP contribution < -0.4 is 14.8 Å². The van der Waals surface area contributed by atoms with E-state index in [9.17, 15) is 4.79 Å². The third kappa shape index (κ3) is 3.39. The van der Waals surface area contributed by atoms with Crippen molar-refractivity contribution >= 4 is 12.0 Å². The summed E-state index contributed by atoms with van der Waals surface area (Å²) in [5.41, 5.74) is 1.85. The molecule has 0 aliphatic carbocycles. The molecule has 5 heteroatoms. The van der Waals surface area contributed by atoms with Crippen LogP contribution in [0.4, 0.5) is 0 Å². The molecule has 5 nitrogen and oxygen atoms in total. The number of pyridine rings is 1. The molecule has 1 N–H and O–H groups in total. The van der Waals surface area contributed by atoms with E-state index >= 15 is 0 Å². The molecule has 0 saturated carbocycles. The van der Waals surface area contributed by atoms with Crippen LogP contribution in [0.5, 0.6) is 11.5 Å². The van der Waals surface area contributed by atoms with Crippen molar-refractivity contribution in [1.82, 2.24) is 10.3 Å². The van der Waals surface area contributed by atoms with Gasteiger partial charge < -0.3 is 14.8 Å². The van der Waals surface area contributed by atoms with Crippen LogP contribution in [0.3, 0.4) is 0 Å². The maximum Gasteiger partial charge on any atom is 0.244 e. The molecule has 2 aromatic rings. The normalized spacial score (nSPS) is 12.6. The van der Waals surface area contributed by atoms with Crippen LogP contribution in [0.15, 0.2) is 48.8 Å². The molecule has 1 aliphatic rings. The number of hydrogen-bond acceptors (Lipinski definition) is 4. The molecule has 1 aromatic heterocycles. The number of nitrogens with zero attached hydrogens (tertiary/aromatic N) is 1. The standard InChI is InChI=1S/C16H14N2O3/c19-16(18-10-13-2-1-7-17-9-13)6-4-12-3-5-14-15(8-12)21-11-20-14/h1-9H,10-11H2,(H,18,19)/b6-4-. The van der Waals surface area contributed by atoms with Crippen LogP contribution in [0.2, 0.25) is 0 Å². The Balaban J connectivity index is 1.57. The van der Waals surface area contributed by atoms with Crippen molar-refractivity contribution in [1.29, 1.82) is 0 Å². The van der Waals surface area contributed by atoms with E-state index in [0.717, 1.165) is 16.9 Å². The Labute approximate surface area is 122 Å². The van der Waals surface area contributed by atoms with Gasteiger partial charge in [-0.05, 0) is 35.4 Å². The van der Waals surface area contributed by atoms with Gasteiger partial charge in [-0.1, -0.05) is 12.1 Å². The molecule has 0 unspecified atom stereocenters. The summed E-state index contributed by atoms with van der Waals surface area (Å²) in [7, 11) is 0. The molecule has 2 heterocycles. The van der Waals surface area contributed by atoms with Gasteiger partial charge in [0.2, 0.25) is 12.7 Å². The van der Waals surface area contributed by atoms with Crippen LogP contribution >= 0.6 is 0 Å². The highest BCUT2D eigenvalue weighted by Gasteiger charge is 2.12. The lowest BCUT2D eigenvalue weighted by Crippen LogP contribution is -2.20. The second-order valence-corrected chi connectivity index (χ2v) is 4.53. The molecule has 0 bridgehead atoms. The van der Waals surface area contributed by atoms with E-state index in [1.165, 1.54) is 6.08 Å². The van der Waals surface area contributed by atoms with E-state index in [4.69, 9.17) is 9.47 Å². The summed E-state index contributed by atoms with van der Waals surface area (Å²) < 4.78 is 10.5. The predicted molar refractivity (Wildman–Crippen MR) is 77.7 cm³/mol. The first-order valence-corrected chi connectivity index (χ1v) is 6.56. The largest absolute Gasteiger partial charge is 0.454 e. The second kappa shape index (κ2) is 6.09. The predicted octanol–water partition coefficient (Wildman–Crippen LogP) is 2.14. The number of fused-ring (bicyclic) bond motifs is 1. The molecule has 3 rings (SSSR count). The minimum Gasteiger partial charge on any atom is -0.454 e. The number of nitrogens with one attached hydrogen (secondary N) is 1. The molecule has 0 atom stereocenters. The number of hydrogen-bond donors (Lipinski definition) is 1. The van der Waals surface area contributed by atoms with Gasteiger partial charge in [0.25, 0.3) is 0 Å². The molecular weight excluding hydrogens is 268 g/mol. The highest BCUT2D eigenvalue weighted by molar-refractivity contribution is 5.91. The highest BCUT2D eigenvalue weighted by Crippen LogP contribution is 2.32. The van der Waals surface area contributed by atoms with E-state index in [1.807, 2.05) is 30.3 Å². The summed E-state index contributed by atoms with van der Waals surface area (Å²) in [6.07, 6.45) is 6.65. The maximum absolute atomic E-state index is 11.7. The van der Waals surface area contributed by atoms with Gasteiger partial charge in [0.05, 0.1) is 0 Å². The lowest BCUT2D eigenvalue weighted by atomic mass is 10.2. The van der Waals surface area contributed by atoms with E-state index in [2.05, 4.69) is 10.3 Å². The van der Waals surface area contributed by atoms with Gasteiger partial charge in [0.15, 0.2) is 11.5 Å². The van der Waals surface area contributed by atoms with E-state index < -0.39 is 0 Å². The first-order chi connectivity index (χ1) is 10.3. The van der Waals surface area contributed by atoms with E-state index in [-0.39, 0.29) is 12.7 Å². The van der Waals surface area contributed by atoms with Gasteiger partial charge in [-0.25, -0.2) is 0 Å². The van der Waals surface area contributed by atoms with Crippen LogP contribution in [-0.2, 0) is 11.3 Å². The highest BCUT2D eigenvalue weighted by atomic mass is 16.7. The first-order valence-electron chi connectivity index (χ1n) is 6.56. The van der Waals surface area contributed by atoms with Crippen LogP contribution in [0.1, 0.15) is 11.1 Å². The quantitative estimate of drug-likeness (QED) is 0.873. The summed E-state index contributed by atoms with van der Waals surface area (Å²) in [5, 5.41) is 2.80. The molecule has 21 heavy (non-hydrogen) atoms. The third-order valence-corrected chi connectivity index (χ3v) is 3.01. The summed E-state index contributed by atoms with van der Waals surface area (Å²) in [4.78, 5) is 15.7. The minimum absolute atomic E-state index is 0.156. The van der Waals surface area contributed by atoms with E-state index in [0.29, 0.717) is 12.3 Å². The Morgan fingerprint density at radius 1 is 1.29 bits per heavy atom. The van der Waals surface area contributed by atoms with Gasteiger partial charge in [0, 0.05) is 25.0 Å². The van der Waals surface area contributed by atoms with Crippen molar-refractivity contribution in [2.75, 3.05) is 6.79 Å². The number of rotatable bonds is 4. The van der Waals surface area contributed by atoms with Crippen molar-refractivity contribution < 1.29 is 14.3 Å². The van der Waals surface area contributed by atoms with Crippen LogP contribution in [0.25, 0.3) is 6.08 Å². The number of aromatic nitrogens is 1. The summed E-state index contributed by atoms with van der Waals surface area (Å²) in [6, 6.07) is 9.29. The lowest BCUT2D eigenvalue weighted by Gasteiger charge is -2.01. The molecule has 0 fully saturated rings. The smallest absolute Gasteiger partial charge is 0.244 e. The zero-order chi connectivity index (χ0) is 14.5. The third-order valence-electron chi connectivity index (χ3n) is 3.01. The molecule has 106 valence electrons. The maximum atomic E-state index is 11.7. The second-order valence-electron chi connectivity index (χ2n) is 4.53. The molecule has 1 amide bonds. The number of amides is 1. The van der Waals surface area contributed by atoms with Gasteiger partial charge >= 0.3 is 0 Å². The lowest BCUT2D eigenvalue weighted by molar-refractivity contribution is -0.116. The van der Waals surface area contributed by atoms with Crippen molar-refractivity contribution in [2.24, 2.45) is 0 Å². The minimum atomic E-state index is -0.156. The number of benzene rings is 1. The molecule has 0 saturated heterocycles. The summed E-state index contributed by atoms with van der Waals surface area (Å²) in [5.74, 6) is 1.28. The Morgan fingerprint density at radius 2 is 2.19 bits per heavy atom. The Morgan fingerprint density at radius 3 is 3.05 bits per heavy atom. The fourth-order valence-corrected chi connectivity index (χ4v) is 1.94. The van der Waals surface area contributed by atoms with Gasteiger partial charge in [-0.15, -0.1) is 0 Å². The molecular formula is C16H14N2O3. The monoisotopic (exact) mass is 282 g/mol. The van der Waals surface area contributed by atoms with Crippen molar-refractivity contribution in [2.45, 2.75) is 6.54 Å². The Kier molecular flexibility index (Phi) is 3.82. The van der Waals surface area contributed by atoms with Crippen molar-refractivity contribution in [3.05, 3.63) is 59.9 Å². The van der Waals surface area contributed by atoms with Crippen LogP contribution in [0, 0.1) is 0 Å². The van der Waals surface area contributed by atoms with E-state index in [1.54, 1.807) is 18.5 Å². The van der Waals surface area contributed by atoms with Gasteiger partial charge in [0.1, 0.15) is 0 Å². The number of ether oxygens (including phenoxy) is 2. The average Bonchev–Trinajstić information content (AvgIpc) is 2.99. The molecule has 1 aliphatic heterocycles. The zero-order valence-corrected chi connectivity index (χ0v) is 11.3. The number of carbonyl (C=O) groups is 1. The summed E-state index contributed by atoms with van der Waals surface area (Å²) in [6.45, 7) is 0.701. The van der Waals surface area contributed by atoms with Crippen molar-refractivity contribution in [3.63, 3.8) is 0 Å². The molecule has 0 radical (unpaired) electrons. The summed E-state index contributed by atoms with van der Waals surface area (Å²) >= 11 is 0.